The van der Waals surface area contributed by atoms with Gasteiger partial charge in [-0.25, -0.2) is 4.68 Å². The van der Waals surface area contributed by atoms with Crippen LogP contribution in [0.25, 0.3) is 10.9 Å². The lowest BCUT2D eigenvalue weighted by Crippen LogP contribution is -2.39. The Balaban J connectivity index is 1.51. The van der Waals surface area contributed by atoms with Gasteiger partial charge in [0.05, 0.1) is 19.3 Å². The smallest absolute Gasteiger partial charge is 0.253 e. The fourth-order valence-corrected chi connectivity index (χ4v) is 5.86. The van der Waals surface area contributed by atoms with Crippen LogP contribution in [0.5, 0.6) is 5.75 Å². The zero-order valence-electron chi connectivity index (χ0n) is 21.6. The normalized spacial score (nSPS) is 18.9. The van der Waals surface area contributed by atoms with Crippen LogP contribution in [0.3, 0.4) is 0 Å². The zero-order chi connectivity index (χ0) is 25.9. The van der Waals surface area contributed by atoms with Crippen LogP contribution < -0.4 is 10.3 Å². The first-order chi connectivity index (χ1) is 18.7. The average Bonchev–Trinajstić information content (AvgIpc) is 3.73. The molecule has 0 amide bonds. The largest absolute Gasteiger partial charge is 0.497 e. The highest BCUT2D eigenvalue weighted by molar-refractivity contribution is 5.80. The van der Waals surface area contributed by atoms with Gasteiger partial charge >= 0.3 is 0 Å². The second-order valence-corrected chi connectivity index (χ2v) is 10.3. The summed E-state index contributed by atoms with van der Waals surface area (Å²) in [5.41, 5.74) is 2.25. The SMILES string of the molecule is COc1ccc2[nH]c(=O)c([C@H](c3nnnn3C3CCCC3)N(Cc3cccnc3)C[C@@H]3CCCO3)cc2c1. The fourth-order valence-electron chi connectivity index (χ4n) is 5.86. The van der Waals surface area contributed by atoms with E-state index in [-0.39, 0.29) is 17.7 Å². The van der Waals surface area contributed by atoms with E-state index in [1.54, 1.807) is 13.3 Å². The van der Waals surface area contributed by atoms with Crippen LogP contribution in [-0.2, 0) is 11.3 Å². The molecule has 1 aromatic carbocycles. The minimum Gasteiger partial charge on any atom is -0.497 e. The van der Waals surface area contributed by atoms with Crippen molar-refractivity contribution in [3.8, 4) is 5.75 Å². The number of hydrogen-bond acceptors (Lipinski definition) is 8. The van der Waals surface area contributed by atoms with E-state index in [1.165, 1.54) is 0 Å². The standard InChI is InChI=1S/C28H33N7O3/c1-37-22-10-11-25-20(14-22)15-24(28(36)30-25)26(27-31-32-33-35(27)21-7-2-3-8-21)34(18-23-9-5-13-38-23)17-19-6-4-12-29-16-19/h4,6,10-12,14-16,21,23,26H,2-3,5,7-9,13,17-18H2,1H3,(H,30,36)/t23-,26+/m0/s1. The number of tetrazole rings is 1. The molecule has 4 aromatic rings. The van der Waals surface area contributed by atoms with Crippen molar-refractivity contribution in [1.29, 1.82) is 0 Å². The quantitative estimate of drug-likeness (QED) is 0.358. The molecule has 2 atom stereocenters. The molecule has 1 aliphatic carbocycles. The third-order valence-corrected chi connectivity index (χ3v) is 7.74. The topological polar surface area (TPSA) is 111 Å². The molecule has 2 fully saturated rings. The Bertz CT molecular complexity index is 1430. The highest BCUT2D eigenvalue weighted by Crippen LogP contribution is 2.35. The number of aromatic amines is 1. The molecule has 0 bridgehead atoms. The molecule has 1 saturated carbocycles. The van der Waals surface area contributed by atoms with E-state index in [4.69, 9.17) is 9.47 Å². The molecule has 1 aliphatic heterocycles. The first kappa shape index (κ1) is 24.7. The molecule has 10 nitrogen and oxygen atoms in total. The van der Waals surface area contributed by atoms with Crippen molar-refractivity contribution in [3.05, 3.63) is 76.1 Å². The predicted octanol–water partition coefficient (Wildman–Crippen LogP) is 3.80. The number of rotatable bonds is 9. The lowest BCUT2D eigenvalue weighted by Gasteiger charge is -2.33. The van der Waals surface area contributed by atoms with Gasteiger partial charge in [-0.05, 0) is 72.0 Å². The van der Waals surface area contributed by atoms with Crippen LogP contribution in [0.4, 0.5) is 0 Å². The summed E-state index contributed by atoms with van der Waals surface area (Å²) < 4.78 is 13.5. The average molecular weight is 516 g/mol. The van der Waals surface area contributed by atoms with Gasteiger partial charge in [-0.2, -0.15) is 0 Å². The Morgan fingerprint density at radius 2 is 2.08 bits per heavy atom. The van der Waals surface area contributed by atoms with Gasteiger partial charge in [-0.15, -0.1) is 5.10 Å². The summed E-state index contributed by atoms with van der Waals surface area (Å²) >= 11 is 0. The number of fused-ring (bicyclic) bond motifs is 1. The van der Waals surface area contributed by atoms with E-state index in [2.05, 4.69) is 36.5 Å². The molecule has 0 spiro atoms. The maximum Gasteiger partial charge on any atom is 0.253 e. The third kappa shape index (κ3) is 5.06. The number of benzene rings is 1. The summed E-state index contributed by atoms with van der Waals surface area (Å²) in [5.74, 6) is 1.42. The zero-order valence-corrected chi connectivity index (χ0v) is 21.6. The highest BCUT2D eigenvalue weighted by atomic mass is 16.5. The number of ether oxygens (including phenoxy) is 2. The molecule has 198 valence electrons. The predicted molar refractivity (Wildman–Crippen MR) is 142 cm³/mol. The Kier molecular flexibility index (Phi) is 7.15. The molecule has 10 heteroatoms. The highest BCUT2D eigenvalue weighted by Gasteiger charge is 2.35. The second-order valence-electron chi connectivity index (χ2n) is 10.3. The van der Waals surface area contributed by atoms with Crippen LogP contribution in [0.1, 0.15) is 67.6 Å². The van der Waals surface area contributed by atoms with Crippen LogP contribution in [0, 0.1) is 0 Å². The lowest BCUT2D eigenvalue weighted by atomic mass is 10.0. The van der Waals surface area contributed by atoms with Gasteiger partial charge < -0.3 is 14.5 Å². The van der Waals surface area contributed by atoms with Crippen LogP contribution in [0.2, 0.25) is 0 Å². The molecule has 6 rings (SSSR count). The number of pyridine rings is 2. The Morgan fingerprint density at radius 3 is 2.84 bits per heavy atom. The number of H-pyrrole nitrogens is 1. The van der Waals surface area contributed by atoms with Crippen molar-refractivity contribution in [1.82, 2.24) is 35.1 Å². The van der Waals surface area contributed by atoms with Gasteiger partial charge in [0.2, 0.25) is 0 Å². The van der Waals surface area contributed by atoms with E-state index in [9.17, 15) is 4.79 Å². The Morgan fingerprint density at radius 1 is 1.18 bits per heavy atom. The van der Waals surface area contributed by atoms with Crippen molar-refractivity contribution in [2.75, 3.05) is 20.3 Å². The van der Waals surface area contributed by atoms with Crippen molar-refractivity contribution in [3.63, 3.8) is 0 Å². The number of nitrogens with one attached hydrogen (secondary N) is 1. The maximum atomic E-state index is 13.7. The molecule has 2 aliphatic rings. The molecule has 1 saturated heterocycles. The minimum atomic E-state index is -0.477. The monoisotopic (exact) mass is 515 g/mol. The summed E-state index contributed by atoms with van der Waals surface area (Å²) in [6.45, 7) is 1.98. The number of nitrogens with zero attached hydrogens (tertiary/aromatic N) is 6. The fraction of sp³-hybridized carbons (Fsp3) is 0.464. The van der Waals surface area contributed by atoms with Gasteiger partial charge in [0, 0.05) is 48.6 Å². The van der Waals surface area contributed by atoms with E-state index in [0.29, 0.717) is 24.5 Å². The molecule has 0 radical (unpaired) electrons. The summed E-state index contributed by atoms with van der Waals surface area (Å²) in [7, 11) is 1.64. The molecule has 4 heterocycles. The summed E-state index contributed by atoms with van der Waals surface area (Å²) in [6.07, 6.45) is 10.1. The molecular formula is C28H33N7O3. The van der Waals surface area contributed by atoms with Gasteiger partial charge in [-0.1, -0.05) is 18.9 Å². The van der Waals surface area contributed by atoms with Crippen LogP contribution in [-0.4, -0.2) is 61.4 Å². The number of hydrogen-bond donors (Lipinski definition) is 1. The van der Waals surface area contributed by atoms with Gasteiger partial charge in [0.1, 0.15) is 11.8 Å². The molecular weight excluding hydrogens is 482 g/mol. The number of methoxy groups -OCH3 is 1. The van der Waals surface area contributed by atoms with E-state index >= 15 is 0 Å². The van der Waals surface area contributed by atoms with Gasteiger partial charge in [0.15, 0.2) is 5.82 Å². The van der Waals surface area contributed by atoms with Gasteiger partial charge in [-0.3, -0.25) is 14.7 Å². The van der Waals surface area contributed by atoms with Crippen molar-refractivity contribution >= 4 is 10.9 Å². The Labute approximate surface area is 221 Å². The second kappa shape index (κ2) is 11.0. The van der Waals surface area contributed by atoms with E-state index in [1.807, 2.05) is 41.2 Å². The van der Waals surface area contributed by atoms with Crippen molar-refractivity contribution in [2.24, 2.45) is 0 Å². The summed E-state index contributed by atoms with van der Waals surface area (Å²) in [6, 6.07) is 11.4. The molecule has 0 unspecified atom stereocenters. The molecule has 38 heavy (non-hydrogen) atoms. The minimum absolute atomic E-state index is 0.0737. The molecule has 1 N–H and O–H groups in total. The lowest BCUT2D eigenvalue weighted by molar-refractivity contribution is 0.0569. The summed E-state index contributed by atoms with van der Waals surface area (Å²) in [4.78, 5) is 23.4. The third-order valence-electron chi connectivity index (χ3n) is 7.74. The van der Waals surface area contributed by atoms with Crippen LogP contribution >= 0.6 is 0 Å². The first-order valence-electron chi connectivity index (χ1n) is 13.4. The summed E-state index contributed by atoms with van der Waals surface area (Å²) in [5, 5.41) is 14.0. The van der Waals surface area contributed by atoms with Crippen molar-refractivity contribution in [2.45, 2.75) is 63.3 Å². The van der Waals surface area contributed by atoms with E-state index < -0.39 is 6.04 Å². The number of aromatic nitrogens is 6. The van der Waals surface area contributed by atoms with Gasteiger partial charge in [0.25, 0.3) is 5.56 Å². The first-order valence-corrected chi connectivity index (χ1v) is 13.4. The van der Waals surface area contributed by atoms with Crippen LogP contribution in [0.15, 0.2) is 53.6 Å². The maximum absolute atomic E-state index is 13.7. The van der Waals surface area contributed by atoms with E-state index in [0.717, 1.165) is 67.3 Å². The van der Waals surface area contributed by atoms with Crippen molar-refractivity contribution < 1.29 is 9.47 Å². The Hall–Kier alpha value is -3.63. The molecule has 3 aromatic heterocycles.